The molecular weight excluding hydrogens is 360 g/mol. The van der Waals surface area contributed by atoms with Crippen molar-refractivity contribution in [2.45, 2.75) is 31.0 Å². The predicted octanol–water partition coefficient (Wildman–Crippen LogP) is 1.09. The number of imidazole rings is 1. The number of likely N-dealkylation sites (tertiary alicyclic amines) is 1. The van der Waals surface area contributed by atoms with E-state index >= 15 is 0 Å². The largest absolute Gasteiger partial charge is 0.377 e. The number of methoxy groups -OCH3 is 1. The van der Waals surface area contributed by atoms with Gasteiger partial charge in [0.2, 0.25) is 5.91 Å². The van der Waals surface area contributed by atoms with Crippen LogP contribution in [0, 0.1) is 0 Å². The molecule has 2 atom stereocenters. The van der Waals surface area contributed by atoms with Crippen LogP contribution in [0.4, 0.5) is 5.69 Å². The van der Waals surface area contributed by atoms with Gasteiger partial charge in [0.25, 0.3) is 0 Å². The van der Waals surface area contributed by atoms with E-state index in [0.29, 0.717) is 18.8 Å². The van der Waals surface area contributed by atoms with E-state index < -0.39 is 0 Å². The first-order valence-corrected chi connectivity index (χ1v) is 9.78. The Hall–Kier alpha value is -2.16. The number of fused-ring (bicyclic) bond motifs is 1. The fourth-order valence-electron chi connectivity index (χ4n) is 4.59. The highest BCUT2D eigenvalue weighted by Crippen LogP contribution is 2.37. The maximum absolute atomic E-state index is 12.6. The zero-order chi connectivity index (χ0) is 19.9. The molecule has 152 valence electrons. The molecule has 0 radical (unpaired) electrons. The number of hydrogen-bond acceptors (Lipinski definition) is 5. The molecule has 1 N–H and O–H groups in total. The molecule has 0 bridgehead atoms. The highest BCUT2D eigenvalue weighted by atomic mass is 16.5. The normalized spacial score (nSPS) is 25.6. The quantitative estimate of drug-likeness (QED) is 0.848. The fourth-order valence-corrected chi connectivity index (χ4v) is 4.59. The number of hydrogen-bond donors (Lipinski definition) is 1. The molecule has 1 spiro atoms. The van der Waals surface area contributed by atoms with Crippen molar-refractivity contribution in [2.24, 2.45) is 14.1 Å². The first-order valence-electron chi connectivity index (χ1n) is 9.78. The van der Waals surface area contributed by atoms with Gasteiger partial charge in [-0.3, -0.25) is 18.8 Å². The van der Waals surface area contributed by atoms with Crippen molar-refractivity contribution in [3.8, 4) is 0 Å². The van der Waals surface area contributed by atoms with Gasteiger partial charge in [-0.05, 0) is 37.5 Å². The van der Waals surface area contributed by atoms with Gasteiger partial charge in [-0.2, -0.15) is 0 Å². The van der Waals surface area contributed by atoms with Crippen molar-refractivity contribution >= 4 is 22.6 Å². The number of rotatable bonds is 4. The van der Waals surface area contributed by atoms with Gasteiger partial charge in [0.1, 0.15) is 0 Å². The summed E-state index contributed by atoms with van der Waals surface area (Å²) in [6, 6.07) is 5.52. The lowest BCUT2D eigenvalue weighted by molar-refractivity contribution is -0.145. The molecule has 0 saturated carbocycles. The van der Waals surface area contributed by atoms with Crippen LogP contribution in [-0.2, 0) is 28.4 Å². The number of carbonyl (C=O) groups is 1. The summed E-state index contributed by atoms with van der Waals surface area (Å²) in [7, 11) is 5.19. The minimum absolute atomic E-state index is 0.00764. The van der Waals surface area contributed by atoms with Crippen LogP contribution in [0.25, 0.3) is 11.0 Å². The van der Waals surface area contributed by atoms with Crippen LogP contribution in [0.2, 0.25) is 0 Å². The molecule has 8 nitrogen and oxygen atoms in total. The van der Waals surface area contributed by atoms with Crippen molar-refractivity contribution in [3.63, 3.8) is 0 Å². The van der Waals surface area contributed by atoms with Crippen molar-refractivity contribution in [1.29, 1.82) is 0 Å². The number of nitrogens with zero attached hydrogens (tertiary/aromatic N) is 3. The minimum Gasteiger partial charge on any atom is -0.377 e. The zero-order valence-electron chi connectivity index (χ0n) is 16.7. The lowest BCUT2D eigenvalue weighted by Gasteiger charge is -2.44. The Kier molecular flexibility index (Phi) is 5.03. The van der Waals surface area contributed by atoms with Crippen LogP contribution >= 0.6 is 0 Å². The van der Waals surface area contributed by atoms with Gasteiger partial charge < -0.3 is 14.8 Å². The fraction of sp³-hybridized carbons (Fsp3) is 0.600. The number of aromatic nitrogens is 2. The molecule has 28 heavy (non-hydrogen) atoms. The van der Waals surface area contributed by atoms with Gasteiger partial charge >= 0.3 is 5.69 Å². The maximum atomic E-state index is 12.6. The minimum atomic E-state index is -0.176. The lowest BCUT2D eigenvalue weighted by Crippen LogP contribution is -2.57. The Balaban J connectivity index is 1.41. The second-order valence-electron chi connectivity index (χ2n) is 7.88. The van der Waals surface area contributed by atoms with Crippen LogP contribution in [0.5, 0.6) is 0 Å². The Morgan fingerprint density at radius 3 is 2.79 bits per heavy atom. The summed E-state index contributed by atoms with van der Waals surface area (Å²) in [5, 5.41) is 2.95. The van der Waals surface area contributed by atoms with E-state index in [0.717, 1.165) is 43.4 Å². The zero-order valence-corrected chi connectivity index (χ0v) is 16.7. The van der Waals surface area contributed by atoms with Crippen LogP contribution in [0.15, 0.2) is 23.0 Å². The molecule has 4 rings (SSSR count). The molecule has 1 amide bonds. The summed E-state index contributed by atoms with van der Waals surface area (Å²) in [6.45, 7) is 2.61. The predicted molar refractivity (Wildman–Crippen MR) is 107 cm³/mol. The van der Waals surface area contributed by atoms with E-state index in [-0.39, 0.29) is 23.3 Å². The van der Waals surface area contributed by atoms with Crippen molar-refractivity contribution in [1.82, 2.24) is 14.0 Å². The van der Waals surface area contributed by atoms with Gasteiger partial charge in [0, 0.05) is 46.6 Å². The summed E-state index contributed by atoms with van der Waals surface area (Å²) in [5.41, 5.74) is 2.06. The average Bonchev–Trinajstić information content (AvgIpc) is 3.24. The summed E-state index contributed by atoms with van der Waals surface area (Å²) < 4.78 is 14.9. The van der Waals surface area contributed by atoms with Gasteiger partial charge in [0.15, 0.2) is 0 Å². The lowest BCUT2D eigenvalue weighted by atomic mass is 9.86. The Bertz CT molecular complexity index is 942. The van der Waals surface area contributed by atoms with Crippen molar-refractivity contribution < 1.29 is 14.3 Å². The van der Waals surface area contributed by atoms with Gasteiger partial charge in [-0.1, -0.05) is 0 Å². The number of nitrogens with one attached hydrogen (secondary N) is 1. The van der Waals surface area contributed by atoms with E-state index in [1.54, 1.807) is 30.3 Å². The Morgan fingerprint density at radius 2 is 2.07 bits per heavy atom. The summed E-state index contributed by atoms with van der Waals surface area (Å²) in [4.78, 5) is 26.8. The molecule has 2 aliphatic heterocycles. The second kappa shape index (κ2) is 7.35. The maximum Gasteiger partial charge on any atom is 0.328 e. The molecule has 2 fully saturated rings. The van der Waals surface area contributed by atoms with E-state index in [4.69, 9.17) is 9.47 Å². The Morgan fingerprint density at radius 1 is 1.29 bits per heavy atom. The smallest absolute Gasteiger partial charge is 0.328 e. The van der Waals surface area contributed by atoms with Crippen molar-refractivity contribution in [3.05, 3.63) is 28.7 Å². The molecule has 1 aromatic heterocycles. The molecular formula is C20H28N4O4. The highest BCUT2D eigenvalue weighted by molar-refractivity contribution is 5.94. The third-order valence-corrected chi connectivity index (χ3v) is 6.20. The first-order chi connectivity index (χ1) is 13.4. The molecule has 0 aliphatic carbocycles. The van der Waals surface area contributed by atoms with Crippen LogP contribution in [0.3, 0.4) is 0 Å². The summed E-state index contributed by atoms with van der Waals surface area (Å²) in [5.74, 6) is -0.0709. The second-order valence-corrected chi connectivity index (χ2v) is 7.88. The van der Waals surface area contributed by atoms with Crippen molar-refractivity contribution in [2.75, 3.05) is 38.7 Å². The third kappa shape index (κ3) is 3.25. The third-order valence-electron chi connectivity index (χ3n) is 6.20. The van der Waals surface area contributed by atoms with E-state index in [1.165, 1.54) is 0 Å². The van der Waals surface area contributed by atoms with Gasteiger partial charge in [-0.25, -0.2) is 4.79 Å². The van der Waals surface area contributed by atoms with E-state index in [2.05, 4.69) is 10.2 Å². The van der Waals surface area contributed by atoms with E-state index in [1.807, 2.05) is 18.2 Å². The number of amides is 1. The molecule has 2 aliphatic rings. The Labute approximate surface area is 164 Å². The molecule has 3 heterocycles. The molecule has 2 aromatic rings. The SMILES string of the molecule is CO[C@H]1CN(CC(=O)Nc2ccc3c(c2)n(C)c(=O)n3C)CC[C@]12CCCO2. The topological polar surface area (TPSA) is 77.7 Å². The molecule has 0 unspecified atom stereocenters. The van der Waals surface area contributed by atoms with Gasteiger partial charge in [0.05, 0.1) is 29.3 Å². The summed E-state index contributed by atoms with van der Waals surface area (Å²) >= 11 is 0. The highest BCUT2D eigenvalue weighted by Gasteiger charge is 2.46. The number of carbonyl (C=O) groups excluding carboxylic acids is 1. The molecule has 8 heteroatoms. The van der Waals surface area contributed by atoms with Crippen LogP contribution in [-0.4, -0.2) is 65.0 Å². The monoisotopic (exact) mass is 388 g/mol. The average molecular weight is 388 g/mol. The molecule has 2 saturated heterocycles. The standard InChI is InChI=1S/C20H28N4O4/c1-22-15-6-5-14(11-16(15)23(2)19(22)26)21-18(25)13-24-9-8-20(7-4-10-28-20)17(12-24)27-3/h5-6,11,17H,4,7-10,12-13H2,1-3H3,(H,21,25)/t17-,20+/m0/s1. The number of piperidine rings is 1. The number of anilines is 1. The number of ether oxygens (including phenoxy) is 2. The number of benzene rings is 1. The van der Waals surface area contributed by atoms with Crippen LogP contribution < -0.4 is 11.0 Å². The summed E-state index contributed by atoms with van der Waals surface area (Å²) in [6.07, 6.45) is 2.98. The number of aryl methyl sites for hydroxylation is 2. The first kappa shape index (κ1) is 19.2. The molecule has 1 aromatic carbocycles. The van der Waals surface area contributed by atoms with Gasteiger partial charge in [-0.15, -0.1) is 0 Å². The van der Waals surface area contributed by atoms with E-state index in [9.17, 15) is 9.59 Å². The van der Waals surface area contributed by atoms with Crippen LogP contribution in [0.1, 0.15) is 19.3 Å².